The zero-order chi connectivity index (χ0) is 17.0. The number of hydrogen-bond donors (Lipinski definition) is 2. The zero-order valence-electron chi connectivity index (χ0n) is 11.6. The van der Waals surface area contributed by atoms with Crippen molar-refractivity contribution in [3.63, 3.8) is 0 Å². The molecule has 0 atom stereocenters. The number of carbonyl (C=O) groups is 1. The Labute approximate surface area is 135 Å². The number of amides is 1. The van der Waals surface area contributed by atoms with E-state index < -0.39 is 17.6 Å². The molecular formula is C15H11ClF3N3O. The number of rotatable bonds is 4. The Morgan fingerprint density at radius 3 is 2.43 bits per heavy atom. The average Bonchev–Trinajstić information content (AvgIpc) is 2.49. The molecule has 0 saturated carbocycles. The summed E-state index contributed by atoms with van der Waals surface area (Å²) >= 11 is 5.75. The van der Waals surface area contributed by atoms with E-state index in [2.05, 4.69) is 22.2 Å². The topological polar surface area (TPSA) is 54.0 Å². The van der Waals surface area contributed by atoms with Crippen LogP contribution in [0.15, 0.2) is 55.0 Å². The van der Waals surface area contributed by atoms with Crippen molar-refractivity contribution < 1.29 is 18.0 Å². The number of pyridine rings is 1. The largest absolute Gasteiger partial charge is 0.417 e. The quantitative estimate of drug-likeness (QED) is 0.881. The van der Waals surface area contributed by atoms with Crippen LogP contribution in [-0.2, 0) is 6.18 Å². The van der Waals surface area contributed by atoms with Crippen molar-refractivity contribution in [1.29, 1.82) is 0 Å². The van der Waals surface area contributed by atoms with Crippen LogP contribution in [-0.4, -0.2) is 10.9 Å². The number of hydrogen-bond acceptors (Lipinski definition) is 3. The molecule has 1 aromatic carbocycles. The van der Waals surface area contributed by atoms with Crippen LogP contribution < -0.4 is 10.6 Å². The van der Waals surface area contributed by atoms with Crippen LogP contribution in [0, 0.1) is 0 Å². The minimum atomic E-state index is -4.53. The van der Waals surface area contributed by atoms with Gasteiger partial charge < -0.3 is 10.6 Å². The van der Waals surface area contributed by atoms with E-state index in [9.17, 15) is 18.0 Å². The molecule has 0 unspecified atom stereocenters. The zero-order valence-corrected chi connectivity index (χ0v) is 12.4. The monoisotopic (exact) mass is 341 g/mol. The summed E-state index contributed by atoms with van der Waals surface area (Å²) in [6.45, 7) is 3.56. The maximum absolute atomic E-state index is 12.5. The van der Waals surface area contributed by atoms with E-state index in [-0.39, 0.29) is 16.7 Å². The number of aromatic nitrogens is 1. The lowest BCUT2D eigenvalue weighted by atomic mass is 10.2. The molecular weight excluding hydrogens is 331 g/mol. The van der Waals surface area contributed by atoms with Gasteiger partial charge in [-0.2, -0.15) is 13.2 Å². The molecule has 0 aliphatic heterocycles. The van der Waals surface area contributed by atoms with E-state index >= 15 is 0 Å². The van der Waals surface area contributed by atoms with E-state index in [1.54, 1.807) is 30.3 Å². The SMILES string of the molecule is C=C(NC(=O)c1ccccc1)Nc1ncc(C(F)(F)F)cc1Cl. The van der Waals surface area contributed by atoms with Crippen molar-refractivity contribution in [3.8, 4) is 0 Å². The molecule has 0 aliphatic rings. The Hall–Kier alpha value is -2.54. The molecule has 120 valence electrons. The van der Waals surface area contributed by atoms with Crippen molar-refractivity contribution in [2.24, 2.45) is 0 Å². The smallest absolute Gasteiger partial charge is 0.326 e. The van der Waals surface area contributed by atoms with E-state index in [4.69, 9.17) is 11.6 Å². The molecule has 8 heteroatoms. The Kier molecular flexibility index (Phi) is 4.90. The van der Waals surface area contributed by atoms with E-state index in [0.717, 1.165) is 6.07 Å². The van der Waals surface area contributed by atoms with Crippen LogP contribution in [0.1, 0.15) is 15.9 Å². The summed E-state index contributed by atoms with van der Waals surface area (Å²) in [6.07, 6.45) is -3.89. The summed E-state index contributed by atoms with van der Waals surface area (Å²) in [5.41, 5.74) is -0.561. The van der Waals surface area contributed by atoms with Gasteiger partial charge in [0.15, 0.2) is 0 Å². The van der Waals surface area contributed by atoms with Crippen LogP contribution in [0.4, 0.5) is 19.0 Å². The summed E-state index contributed by atoms with van der Waals surface area (Å²) < 4.78 is 37.6. The minimum Gasteiger partial charge on any atom is -0.326 e. The Morgan fingerprint density at radius 1 is 1.22 bits per heavy atom. The van der Waals surface area contributed by atoms with E-state index in [1.165, 1.54) is 0 Å². The molecule has 0 radical (unpaired) electrons. The van der Waals surface area contributed by atoms with Gasteiger partial charge in [-0.15, -0.1) is 0 Å². The van der Waals surface area contributed by atoms with Gasteiger partial charge >= 0.3 is 6.18 Å². The summed E-state index contributed by atoms with van der Waals surface area (Å²) in [5, 5.41) is 4.76. The molecule has 1 amide bonds. The number of alkyl halides is 3. The number of nitrogens with one attached hydrogen (secondary N) is 2. The number of nitrogens with zero attached hydrogens (tertiary/aromatic N) is 1. The number of anilines is 1. The fourth-order valence-electron chi connectivity index (χ4n) is 1.66. The van der Waals surface area contributed by atoms with Gasteiger partial charge in [0.25, 0.3) is 5.91 Å². The molecule has 2 rings (SSSR count). The van der Waals surface area contributed by atoms with Crippen molar-refractivity contribution in [3.05, 3.63) is 71.1 Å². The van der Waals surface area contributed by atoms with Gasteiger partial charge in [-0.25, -0.2) is 4.98 Å². The normalized spacial score (nSPS) is 11.0. The third kappa shape index (κ3) is 4.46. The third-order valence-electron chi connectivity index (χ3n) is 2.74. The maximum Gasteiger partial charge on any atom is 0.417 e. The summed E-state index contributed by atoms with van der Waals surface area (Å²) in [7, 11) is 0. The first kappa shape index (κ1) is 16.8. The van der Waals surface area contributed by atoms with E-state index in [1.807, 2.05) is 0 Å². The lowest BCUT2D eigenvalue weighted by molar-refractivity contribution is -0.137. The molecule has 2 N–H and O–H groups in total. The lowest BCUT2D eigenvalue weighted by Gasteiger charge is -2.13. The van der Waals surface area contributed by atoms with Crippen LogP contribution in [0.3, 0.4) is 0 Å². The molecule has 0 fully saturated rings. The number of halogens is 4. The van der Waals surface area contributed by atoms with Crippen LogP contribution >= 0.6 is 11.6 Å². The van der Waals surface area contributed by atoms with Gasteiger partial charge in [-0.3, -0.25) is 4.79 Å². The van der Waals surface area contributed by atoms with Crippen LogP contribution in [0.25, 0.3) is 0 Å². The minimum absolute atomic E-state index is 0.0352. The fourth-order valence-corrected chi connectivity index (χ4v) is 1.87. The molecule has 0 spiro atoms. The molecule has 4 nitrogen and oxygen atoms in total. The predicted molar refractivity (Wildman–Crippen MR) is 80.9 cm³/mol. The predicted octanol–water partition coefficient (Wildman–Crippen LogP) is 4.07. The van der Waals surface area contributed by atoms with Crippen molar-refractivity contribution in [1.82, 2.24) is 10.3 Å². The maximum atomic E-state index is 12.5. The highest BCUT2D eigenvalue weighted by Crippen LogP contribution is 2.32. The van der Waals surface area contributed by atoms with E-state index in [0.29, 0.717) is 11.8 Å². The van der Waals surface area contributed by atoms with Crippen molar-refractivity contribution >= 4 is 23.3 Å². The first-order chi connectivity index (χ1) is 10.8. The van der Waals surface area contributed by atoms with Crippen molar-refractivity contribution in [2.45, 2.75) is 6.18 Å². The van der Waals surface area contributed by atoms with Crippen molar-refractivity contribution in [2.75, 3.05) is 5.32 Å². The lowest BCUT2D eigenvalue weighted by Crippen LogP contribution is -2.26. The highest BCUT2D eigenvalue weighted by Gasteiger charge is 2.31. The van der Waals surface area contributed by atoms with Gasteiger partial charge in [0.2, 0.25) is 0 Å². The fraction of sp³-hybridized carbons (Fsp3) is 0.0667. The Balaban J connectivity index is 2.05. The summed E-state index contributed by atoms with van der Waals surface area (Å²) in [5.74, 6) is -0.433. The highest BCUT2D eigenvalue weighted by atomic mass is 35.5. The average molecular weight is 342 g/mol. The Morgan fingerprint density at radius 2 is 1.87 bits per heavy atom. The molecule has 0 bridgehead atoms. The molecule has 23 heavy (non-hydrogen) atoms. The second-order valence-electron chi connectivity index (χ2n) is 4.48. The Bertz CT molecular complexity index is 732. The van der Waals surface area contributed by atoms with Gasteiger partial charge in [0.05, 0.1) is 10.6 Å². The first-order valence-electron chi connectivity index (χ1n) is 6.32. The molecule has 1 heterocycles. The van der Waals surface area contributed by atoms with Crippen LogP contribution in [0.5, 0.6) is 0 Å². The molecule has 2 aromatic rings. The van der Waals surface area contributed by atoms with Gasteiger partial charge in [0, 0.05) is 11.8 Å². The second-order valence-corrected chi connectivity index (χ2v) is 4.88. The van der Waals surface area contributed by atoms with Gasteiger partial charge in [-0.1, -0.05) is 36.4 Å². The first-order valence-corrected chi connectivity index (χ1v) is 6.70. The van der Waals surface area contributed by atoms with Crippen LogP contribution in [0.2, 0.25) is 5.02 Å². The third-order valence-corrected chi connectivity index (χ3v) is 3.03. The standard InChI is InChI=1S/C15H11ClF3N3O/c1-9(22-14(23)10-5-3-2-4-6-10)21-13-12(16)7-11(8-20-13)15(17,18)19/h2-8H,1H2,(H,20,21)(H,22,23). The number of carbonyl (C=O) groups excluding carboxylic acids is 1. The molecule has 0 aliphatic carbocycles. The second kappa shape index (κ2) is 6.70. The molecule has 0 saturated heterocycles. The number of benzene rings is 1. The molecule has 1 aromatic heterocycles. The van der Waals surface area contributed by atoms with Gasteiger partial charge in [-0.05, 0) is 18.2 Å². The summed E-state index contributed by atoms with van der Waals surface area (Å²) in [6, 6.07) is 9.09. The van der Waals surface area contributed by atoms with Gasteiger partial charge in [0.1, 0.15) is 11.6 Å². The highest BCUT2D eigenvalue weighted by molar-refractivity contribution is 6.33. The summed E-state index contributed by atoms with van der Waals surface area (Å²) in [4.78, 5) is 15.5.